The summed E-state index contributed by atoms with van der Waals surface area (Å²) in [4.78, 5) is 14.6. The molecule has 0 aliphatic carbocycles. The number of carbonyl (C=O) groups excluding carboxylic acids is 1. The molecule has 122 valence electrons. The lowest BCUT2D eigenvalue weighted by Crippen LogP contribution is -2.28. The average Bonchev–Trinajstić information content (AvgIpc) is 2.80. The van der Waals surface area contributed by atoms with Crippen LogP contribution in [-0.4, -0.2) is 10.2 Å². The zero-order valence-corrected chi connectivity index (χ0v) is 15.4. The average molecular weight is 378 g/mol. The van der Waals surface area contributed by atoms with Gasteiger partial charge in [-0.3, -0.25) is 9.69 Å². The molecule has 0 bridgehead atoms. The number of thioether (sulfide) groups is 1. The standard InChI is InChI=1S/C18H13ClFNOS2/c1-10-5-3-8-15(11(10)2)21-17(22)16(24-18(21)23)9-12-13(19)6-4-7-14(12)20/h3-9H,1-2H3. The summed E-state index contributed by atoms with van der Waals surface area (Å²) in [7, 11) is 0. The van der Waals surface area contributed by atoms with Gasteiger partial charge in [0.2, 0.25) is 0 Å². The first kappa shape index (κ1) is 17.1. The molecule has 1 amide bonds. The van der Waals surface area contributed by atoms with Crippen molar-refractivity contribution in [2.75, 3.05) is 4.90 Å². The van der Waals surface area contributed by atoms with E-state index in [4.69, 9.17) is 23.8 Å². The molecule has 1 aliphatic heterocycles. The summed E-state index contributed by atoms with van der Waals surface area (Å²) in [5.41, 5.74) is 3.00. The van der Waals surface area contributed by atoms with Crippen molar-refractivity contribution in [1.82, 2.24) is 0 Å². The minimum atomic E-state index is -0.473. The smallest absolute Gasteiger partial charge is 0.268 e. The Balaban J connectivity index is 2.04. The van der Waals surface area contributed by atoms with Gasteiger partial charge in [0, 0.05) is 5.56 Å². The zero-order valence-electron chi connectivity index (χ0n) is 13.0. The third-order valence-electron chi connectivity index (χ3n) is 3.89. The number of carbonyl (C=O) groups is 1. The molecule has 0 saturated carbocycles. The highest BCUT2D eigenvalue weighted by molar-refractivity contribution is 8.27. The number of amides is 1. The van der Waals surface area contributed by atoms with E-state index in [9.17, 15) is 9.18 Å². The van der Waals surface area contributed by atoms with Crippen LogP contribution in [0.15, 0.2) is 41.3 Å². The van der Waals surface area contributed by atoms with Crippen molar-refractivity contribution in [3.8, 4) is 0 Å². The summed E-state index contributed by atoms with van der Waals surface area (Å²) in [5.74, 6) is -0.738. The van der Waals surface area contributed by atoms with Crippen LogP contribution in [0.3, 0.4) is 0 Å². The number of aryl methyl sites for hydroxylation is 1. The third kappa shape index (κ3) is 2.99. The van der Waals surface area contributed by atoms with Gasteiger partial charge >= 0.3 is 0 Å². The van der Waals surface area contributed by atoms with E-state index in [1.165, 1.54) is 23.1 Å². The minimum Gasteiger partial charge on any atom is -0.268 e. The highest BCUT2D eigenvalue weighted by Gasteiger charge is 2.34. The van der Waals surface area contributed by atoms with Crippen LogP contribution in [0.5, 0.6) is 0 Å². The highest BCUT2D eigenvalue weighted by atomic mass is 35.5. The Kier molecular flexibility index (Phi) is 4.76. The monoisotopic (exact) mass is 377 g/mol. The van der Waals surface area contributed by atoms with Crippen molar-refractivity contribution in [3.05, 3.63) is 68.8 Å². The maximum Gasteiger partial charge on any atom is 0.270 e. The Morgan fingerprint density at radius 2 is 1.92 bits per heavy atom. The van der Waals surface area contributed by atoms with E-state index in [1.54, 1.807) is 6.07 Å². The summed E-state index contributed by atoms with van der Waals surface area (Å²) in [6.45, 7) is 3.92. The first-order chi connectivity index (χ1) is 11.4. The summed E-state index contributed by atoms with van der Waals surface area (Å²) in [6, 6.07) is 10.1. The third-order valence-corrected chi connectivity index (χ3v) is 5.52. The molecule has 1 fully saturated rings. The topological polar surface area (TPSA) is 20.3 Å². The van der Waals surface area contributed by atoms with Crippen LogP contribution in [0.2, 0.25) is 5.02 Å². The molecule has 0 atom stereocenters. The fourth-order valence-electron chi connectivity index (χ4n) is 2.43. The maximum absolute atomic E-state index is 14.0. The van der Waals surface area contributed by atoms with Crippen molar-refractivity contribution < 1.29 is 9.18 Å². The molecule has 3 rings (SSSR count). The SMILES string of the molecule is Cc1cccc(N2C(=O)C(=Cc3c(F)cccc3Cl)SC2=S)c1C. The van der Waals surface area contributed by atoms with E-state index in [0.717, 1.165) is 28.6 Å². The number of anilines is 1. The normalized spacial score (nSPS) is 16.3. The molecule has 2 aromatic rings. The van der Waals surface area contributed by atoms with Gasteiger partial charge < -0.3 is 0 Å². The predicted octanol–water partition coefficient (Wildman–Crippen LogP) is 5.50. The van der Waals surface area contributed by atoms with E-state index in [0.29, 0.717) is 9.23 Å². The zero-order chi connectivity index (χ0) is 17.4. The van der Waals surface area contributed by atoms with Gasteiger partial charge in [-0.25, -0.2) is 4.39 Å². The number of hydrogen-bond acceptors (Lipinski definition) is 3. The molecule has 6 heteroatoms. The van der Waals surface area contributed by atoms with E-state index < -0.39 is 5.82 Å². The summed E-state index contributed by atoms with van der Waals surface area (Å²) >= 11 is 12.5. The quantitative estimate of drug-likeness (QED) is 0.509. The molecule has 1 aliphatic rings. The second kappa shape index (κ2) is 6.67. The van der Waals surface area contributed by atoms with E-state index in [2.05, 4.69) is 0 Å². The van der Waals surface area contributed by atoms with Crippen LogP contribution in [0.25, 0.3) is 6.08 Å². The van der Waals surface area contributed by atoms with Crippen LogP contribution in [0, 0.1) is 19.7 Å². The molecule has 0 radical (unpaired) electrons. The predicted molar refractivity (Wildman–Crippen MR) is 103 cm³/mol. The fraction of sp³-hybridized carbons (Fsp3) is 0.111. The number of nitrogens with zero attached hydrogens (tertiary/aromatic N) is 1. The van der Waals surface area contributed by atoms with E-state index >= 15 is 0 Å². The number of rotatable bonds is 2. The molecule has 2 nitrogen and oxygen atoms in total. The van der Waals surface area contributed by atoms with Crippen molar-refractivity contribution in [1.29, 1.82) is 0 Å². The molecular formula is C18H13ClFNOS2. The minimum absolute atomic E-state index is 0.195. The largest absolute Gasteiger partial charge is 0.270 e. The molecular weight excluding hydrogens is 365 g/mol. The van der Waals surface area contributed by atoms with Crippen LogP contribution >= 0.6 is 35.6 Å². The van der Waals surface area contributed by atoms with Gasteiger partial charge in [0.05, 0.1) is 15.6 Å². The Hall–Kier alpha value is -1.69. The Morgan fingerprint density at radius 1 is 1.21 bits per heavy atom. The van der Waals surface area contributed by atoms with Crippen LogP contribution in [-0.2, 0) is 4.79 Å². The molecule has 0 spiro atoms. The first-order valence-corrected chi connectivity index (χ1v) is 8.78. The van der Waals surface area contributed by atoms with Gasteiger partial charge in [-0.05, 0) is 49.2 Å². The maximum atomic E-state index is 14.0. The van der Waals surface area contributed by atoms with Crippen LogP contribution < -0.4 is 4.90 Å². The van der Waals surface area contributed by atoms with E-state index in [1.807, 2.05) is 32.0 Å². The van der Waals surface area contributed by atoms with Gasteiger partial charge in [0.25, 0.3) is 5.91 Å². The number of halogens is 2. The molecule has 0 N–H and O–H groups in total. The lowest BCUT2D eigenvalue weighted by Gasteiger charge is -2.18. The molecule has 0 aromatic heterocycles. The van der Waals surface area contributed by atoms with Crippen LogP contribution in [0.4, 0.5) is 10.1 Å². The van der Waals surface area contributed by atoms with Crippen molar-refractivity contribution in [2.45, 2.75) is 13.8 Å². The van der Waals surface area contributed by atoms with E-state index in [-0.39, 0.29) is 16.5 Å². The van der Waals surface area contributed by atoms with Gasteiger partial charge in [-0.1, -0.05) is 53.8 Å². The summed E-state index contributed by atoms with van der Waals surface area (Å²) in [6.07, 6.45) is 1.46. The van der Waals surface area contributed by atoms with Gasteiger partial charge in [0.15, 0.2) is 4.32 Å². The van der Waals surface area contributed by atoms with Crippen molar-refractivity contribution in [2.24, 2.45) is 0 Å². The first-order valence-electron chi connectivity index (χ1n) is 7.18. The molecule has 24 heavy (non-hydrogen) atoms. The fourth-order valence-corrected chi connectivity index (χ4v) is 3.92. The van der Waals surface area contributed by atoms with Crippen molar-refractivity contribution >= 4 is 57.6 Å². The van der Waals surface area contributed by atoms with Crippen LogP contribution in [0.1, 0.15) is 16.7 Å². The molecule has 1 heterocycles. The molecule has 1 saturated heterocycles. The van der Waals surface area contributed by atoms with Gasteiger partial charge in [-0.15, -0.1) is 0 Å². The second-order valence-corrected chi connectivity index (χ2v) is 7.45. The van der Waals surface area contributed by atoms with Gasteiger partial charge in [0.1, 0.15) is 5.82 Å². The molecule has 2 aromatic carbocycles. The number of benzene rings is 2. The Bertz CT molecular complexity index is 874. The van der Waals surface area contributed by atoms with Crippen molar-refractivity contribution in [3.63, 3.8) is 0 Å². The highest BCUT2D eigenvalue weighted by Crippen LogP contribution is 2.38. The summed E-state index contributed by atoms with van der Waals surface area (Å²) < 4.78 is 14.4. The lowest BCUT2D eigenvalue weighted by molar-refractivity contribution is -0.113. The molecule has 0 unspecified atom stereocenters. The lowest BCUT2D eigenvalue weighted by atomic mass is 10.1. The summed E-state index contributed by atoms with van der Waals surface area (Å²) in [5, 5.41) is 0.256. The van der Waals surface area contributed by atoms with Gasteiger partial charge in [-0.2, -0.15) is 0 Å². The Morgan fingerprint density at radius 3 is 2.62 bits per heavy atom. The number of thiocarbonyl (C=S) groups is 1. The Labute approximate surface area is 154 Å². The second-order valence-electron chi connectivity index (χ2n) is 5.37. The number of hydrogen-bond donors (Lipinski definition) is 0.